The van der Waals surface area contributed by atoms with Gasteiger partial charge in [0.15, 0.2) is 0 Å². The highest BCUT2D eigenvalue weighted by Crippen LogP contribution is 2.41. The summed E-state index contributed by atoms with van der Waals surface area (Å²) in [7, 11) is 0. The number of aliphatic hydroxyl groups is 2. The minimum atomic E-state index is -0.778. The number of hydrogen-bond donors (Lipinski definition) is 4. The van der Waals surface area contributed by atoms with Crippen LogP contribution in [0.2, 0.25) is 0 Å². The first-order valence-corrected chi connectivity index (χ1v) is 11.3. The Morgan fingerprint density at radius 2 is 1.97 bits per heavy atom. The van der Waals surface area contributed by atoms with Crippen LogP contribution >= 0.6 is 0 Å². The first-order chi connectivity index (χ1) is 14.6. The molecule has 0 bridgehead atoms. The quantitative estimate of drug-likeness (QED) is 0.582. The SMILES string of the molecule is CC(C)(C)OC(=O)N1CCC2(CCN(c3cccc(NC4CCC(O)NC4O)c3)C2)C1. The van der Waals surface area contributed by atoms with Gasteiger partial charge in [0, 0.05) is 43.0 Å². The number of amides is 1. The number of carbonyl (C=O) groups is 1. The van der Waals surface area contributed by atoms with Gasteiger partial charge in [-0.25, -0.2) is 4.79 Å². The minimum absolute atomic E-state index is 0.125. The number of piperidine rings is 1. The van der Waals surface area contributed by atoms with Crippen LogP contribution in [0.25, 0.3) is 0 Å². The molecule has 1 spiro atoms. The average Bonchev–Trinajstić information content (AvgIpc) is 3.30. The van der Waals surface area contributed by atoms with Gasteiger partial charge in [-0.05, 0) is 64.7 Å². The highest BCUT2D eigenvalue weighted by atomic mass is 16.6. The number of carbonyl (C=O) groups excluding carboxylic acids is 1. The van der Waals surface area contributed by atoms with Crippen LogP contribution in [0.4, 0.5) is 16.2 Å². The van der Waals surface area contributed by atoms with Crippen LogP contribution in [-0.2, 0) is 4.74 Å². The lowest BCUT2D eigenvalue weighted by molar-refractivity contribution is -0.00339. The number of likely N-dealkylation sites (tertiary alicyclic amines) is 1. The highest BCUT2D eigenvalue weighted by molar-refractivity contribution is 5.69. The van der Waals surface area contributed by atoms with E-state index in [1.807, 2.05) is 37.8 Å². The number of aliphatic hydroxyl groups excluding tert-OH is 2. The van der Waals surface area contributed by atoms with Crippen molar-refractivity contribution in [1.29, 1.82) is 0 Å². The molecule has 3 fully saturated rings. The first-order valence-electron chi connectivity index (χ1n) is 11.3. The fourth-order valence-corrected chi connectivity index (χ4v) is 4.96. The van der Waals surface area contributed by atoms with E-state index in [0.717, 1.165) is 50.4 Å². The van der Waals surface area contributed by atoms with E-state index in [1.54, 1.807) is 0 Å². The summed E-state index contributed by atoms with van der Waals surface area (Å²) in [5, 5.41) is 26.0. The number of anilines is 2. The summed E-state index contributed by atoms with van der Waals surface area (Å²) < 4.78 is 5.56. The topological polar surface area (TPSA) is 97.3 Å². The second-order valence-electron chi connectivity index (χ2n) is 10.3. The fraction of sp³-hybridized carbons (Fsp3) is 0.696. The molecule has 3 aliphatic rings. The lowest BCUT2D eigenvalue weighted by Crippen LogP contribution is -2.53. The lowest BCUT2D eigenvalue weighted by Gasteiger charge is -2.33. The van der Waals surface area contributed by atoms with Crippen molar-refractivity contribution < 1.29 is 19.7 Å². The summed E-state index contributed by atoms with van der Waals surface area (Å²) in [4.78, 5) is 16.7. The molecular formula is C23H36N4O4. The minimum Gasteiger partial charge on any atom is -0.444 e. The largest absolute Gasteiger partial charge is 0.444 e. The van der Waals surface area contributed by atoms with Crippen LogP contribution < -0.4 is 15.5 Å². The van der Waals surface area contributed by atoms with Crippen molar-refractivity contribution in [2.45, 2.75) is 70.6 Å². The van der Waals surface area contributed by atoms with Crippen LogP contribution in [0.5, 0.6) is 0 Å². The Bertz CT molecular complexity index is 798. The van der Waals surface area contributed by atoms with Gasteiger partial charge in [0.1, 0.15) is 18.1 Å². The van der Waals surface area contributed by atoms with Crippen LogP contribution in [0, 0.1) is 5.41 Å². The van der Waals surface area contributed by atoms with Gasteiger partial charge in [-0.3, -0.25) is 5.32 Å². The second-order valence-corrected chi connectivity index (χ2v) is 10.3. The zero-order valence-corrected chi connectivity index (χ0v) is 18.8. The standard InChI is InChI=1S/C23H36N4O4/c1-22(2,3)31-21(30)27-12-10-23(15-27)9-11-26(14-23)17-6-4-5-16(13-17)24-18-7-8-19(28)25-20(18)29/h4-6,13,18-20,24-25,28-29H,7-12,14-15H2,1-3H3. The van der Waals surface area contributed by atoms with E-state index < -0.39 is 18.1 Å². The molecule has 4 unspecified atom stereocenters. The van der Waals surface area contributed by atoms with Crippen molar-refractivity contribution in [3.8, 4) is 0 Å². The molecule has 172 valence electrons. The molecule has 0 saturated carbocycles. The van der Waals surface area contributed by atoms with Crippen molar-refractivity contribution in [3.63, 3.8) is 0 Å². The zero-order chi connectivity index (χ0) is 22.2. The molecule has 4 rings (SSSR count). The van der Waals surface area contributed by atoms with Crippen molar-refractivity contribution in [1.82, 2.24) is 10.2 Å². The Kier molecular flexibility index (Phi) is 6.07. The number of nitrogens with one attached hydrogen (secondary N) is 2. The van der Waals surface area contributed by atoms with Gasteiger partial charge in [-0.2, -0.15) is 0 Å². The Morgan fingerprint density at radius 1 is 1.19 bits per heavy atom. The van der Waals surface area contributed by atoms with Crippen molar-refractivity contribution >= 4 is 17.5 Å². The van der Waals surface area contributed by atoms with Gasteiger partial charge in [0.2, 0.25) is 0 Å². The summed E-state index contributed by atoms with van der Waals surface area (Å²) in [6, 6.07) is 8.14. The predicted octanol–water partition coefficient (Wildman–Crippen LogP) is 2.32. The molecule has 8 nitrogen and oxygen atoms in total. The normalized spacial score (nSPS) is 31.3. The Hall–Kier alpha value is -2.03. The lowest BCUT2D eigenvalue weighted by atomic mass is 9.86. The molecule has 4 atom stereocenters. The molecule has 0 radical (unpaired) electrons. The molecule has 3 aliphatic heterocycles. The molecule has 3 heterocycles. The molecular weight excluding hydrogens is 396 g/mol. The summed E-state index contributed by atoms with van der Waals surface area (Å²) in [5.74, 6) is 0. The van der Waals surface area contributed by atoms with Crippen molar-refractivity contribution in [3.05, 3.63) is 24.3 Å². The third kappa shape index (κ3) is 5.25. The maximum atomic E-state index is 12.5. The molecule has 8 heteroatoms. The molecule has 0 aromatic heterocycles. The van der Waals surface area contributed by atoms with E-state index in [0.29, 0.717) is 12.8 Å². The third-order valence-corrected chi connectivity index (χ3v) is 6.59. The van der Waals surface area contributed by atoms with Gasteiger partial charge in [-0.1, -0.05) is 6.07 Å². The van der Waals surface area contributed by atoms with Crippen LogP contribution in [0.15, 0.2) is 24.3 Å². The summed E-state index contributed by atoms with van der Waals surface area (Å²) in [6.45, 7) is 9.10. The second kappa shape index (κ2) is 8.48. The molecule has 4 N–H and O–H groups in total. The average molecular weight is 433 g/mol. The van der Waals surface area contributed by atoms with Crippen LogP contribution in [0.3, 0.4) is 0 Å². The van der Waals surface area contributed by atoms with Crippen LogP contribution in [-0.4, -0.2) is 71.5 Å². The maximum Gasteiger partial charge on any atom is 0.410 e. The zero-order valence-electron chi connectivity index (χ0n) is 18.8. The van der Waals surface area contributed by atoms with Gasteiger partial charge < -0.3 is 30.1 Å². The summed E-state index contributed by atoms with van der Waals surface area (Å²) in [6.07, 6.45) is 1.74. The van der Waals surface area contributed by atoms with Crippen molar-refractivity contribution in [2.75, 3.05) is 36.4 Å². The van der Waals surface area contributed by atoms with E-state index >= 15 is 0 Å². The van der Waals surface area contributed by atoms with E-state index in [-0.39, 0.29) is 17.6 Å². The smallest absolute Gasteiger partial charge is 0.410 e. The fourth-order valence-electron chi connectivity index (χ4n) is 4.96. The van der Waals surface area contributed by atoms with Gasteiger partial charge >= 0.3 is 6.09 Å². The van der Waals surface area contributed by atoms with Crippen molar-refractivity contribution in [2.24, 2.45) is 5.41 Å². The van der Waals surface area contributed by atoms with Crippen LogP contribution in [0.1, 0.15) is 46.5 Å². The number of ether oxygens (including phenoxy) is 1. The first kappa shape index (κ1) is 22.2. The molecule has 1 aromatic carbocycles. The van der Waals surface area contributed by atoms with Gasteiger partial charge in [0.05, 0.1) is 6.04 Å². The Balaban J connectivity index is 1.36. The summed E-state index contributed by atoms with van der Waals surface area (Å²) in [5.41, 5.74) is 1.76. The van der Waals surface area contributed by atoms with E-state index in [1.165, 1.54) is 0 Å². The van der Waals surface area contributed by atoms with E-state index in [2.05, 4.69) is 27.7 Å². The van der Waals surface area contributed by atoms with Gasteiger partial charge in [-0.15, -0.1) is 0 Å². The summed E-state index contributed by atoms with van der Waals surface area (Å²) >= 11 is 0. The molecule has 31 heavy (non-hydrogen) atoms. The number of nitrogens with zero attached hydrogens (tertiary/aromatic N) is 2. The molecule has 0 aliphatic carbocycles. The van der Waals surface area contributed by atoms with E-state index in [4.69, 9.17) is 4.74 Å². The maximum absolute atomic E-state index is 12.5. The Morgan fingerprint density at radius 3 is 2.71 bits per heavy atom. The monoisotopic (exact) mass is 432 g/mol. The third-order valence-electron chi connectivity index (χ3n) is 6.59. The Labute approximate surface area is 184 Å². The number of benzene rings is 1. The number of rotatable bonds is 3. The molecule has 1 aromatic rings. The predicted molar refractivity (Wildman–Crippen MR) is 120 cm³/mol. The van der Waals surface area contributed by atoms with E-state index in [9.17, 15) is 15.0 Å². The highest BCUT2D eigenvalue weighted by Gasteiger charge is 2.45. The number of hydrogen-bond acceptors (Lipinski definition) is 7. The van der Waals surface area contributed by atoms with Gasteiger partial charge in [0.25, 0.3) is 0 Å². The molecule has 1 amide bonds. The molecule has 3 saturated heterocycles.